The van der Waals surface area contributed by atoms with Crippen LogP contribution in [0.3, 0.4) is 0 Å². The Kier molecular flexibility index (Phi) is 5.39. The molecule has 0 unspecified atom stereocenters. The molecular formula is C18H14F3N5O2. The Morgan fingerprint density at radius 3 is 2.64 bits per heavy atom. The summed E-state index contributed by atoms with van der Waals surface area (Å²) in [5.41, 5.74) is 4.26. The molecule has 0 aromatic carbocycles. The maximum atomic E-state index is 10.6. The Morgan fingerprint density at radius 2 is 1.96 bits per heavy atom. The predicted octanol–water partition coefficient (Wildman–Crippen LogP) is 3.50. The van der Waals surface area contributed by atoms with Gasteiger partial charge in [0.05, 0.1) is 12.7 Å². The summed E-state index contributed by atoms with van der Waals surface area (Å²) < 4.78 is 33.7. The molecule has 0 atom stereocenters. The molecule has 4 rings (SSSR count). The highest BCUT2D eigenvalue weighted by atomic mass is 19.4. The van der Waals surface area contributed by atoms with Gasteiger partial charge in [0, 0.05) is 41.9 Å². The molecule has 0 aliphatic heterocycles. The third kappa shape index (κ3) is 4.53. The van der Waals surface area contributed by atoms with E-state index in [1.807, 2.05) is 53.7 Å². The number of carboxylic acids is 1. The Balaban J connectivity index is 0.000000279. The van der Waals surface area contributed by atoms with Crippen LogP contribution in [0, 0.1) is 0 Å². The van der Waals surface area contributed by atoms with Crippen molar-refractivity contribution in [2.45, 2.75) is 12.7 Å². The first-order valence-corrected chi connectivity index (χ1v) is 7.98. The highest BCUT2D eigenvalue weighted by molar-refractivity contribution is 5.92. The van der Waals surface area contributed by atoms with Crippen molar-refractivity contribution < 1.29 is 23.1 Å². The molecule has 2 N–H and O–H groups in total. The quantitative estimate of drug-likeness (QED) is 0.559. The minimum absolute atomic E-state index is 0.717. The van der Waals surface area contributed by atoms with Crippen molar-refractivity contribution >= 4 is 17.0 Å². The molecule has 0 fully saturated rings. The molecule has 10 heteroatoms. The molecule has 0 saturated carbocycles. The van der Waals surface area contributed by atoms with E-state index >= 15 is 0 Å². The Hall–Kier alpha value is -3.69. The van der Waals surface area contributed by atoms with Gasteiger partial charge >= 0.3 is 12.1 Å². The van der Waals surface area contributed by atoms with E-state index < -0.39 is 12.1 Å². The average Bonchev–Trinajstić information content (AvgIpc) is 3.31. The summed E-state index contributed by atoms with van der Waals surface area (Å²) in [6, 6.07) is 8.04. The van der Waals surface area contributed by atoms with Crippen molar-refractivity contribution in [3.63, 3.8) is 0 Å². The number of nitrogens with zero attached hydrogens (tertiary/aromatic N) is 4. The average molecular weight is 389 g/mol. The van der Waals surface area contributed by atoms with Crippen LogP contribution in [0.2, 0.25) is 0 Å². The van der Waals surface area contributed by atoms with Gasteiger partial charge in [-0.05, 0) is 29.3 Å². The lowest BCUT2D eigenvalue weighted by atomic mass is 10.1. The van der Waals surface area contributed by atoms with Gasteiger partial charge in [-0.2, -0.15) is 18.3 Å². The minimum Gasteiger partial charge on any atom is -0.475 e. The summed E-state index contributed by atoms with van der Waals surface area (Å²) in [4.78, 5) is 20.5. The summed E-state index contributed by atoms with van der Waals surface area (Å²) in [6.07, 6.45) is 6.20. The van der Waals surface area contributed by atoms with Crippen molar-refractivity contribution in [2.24, 2.45) is 0 Å². The first kappa shape index (κ1) is 19.1. The van der Waals surface area contributed by atoms with Gasteiger partial charge < -0.3 is 10.1 Å². The Bertz CT molecular complexity index is 1070. The predicted molar refractivity (Wildman–Crippen MR) is 94.3 cm³/mol. The van der Waals surface area contributed by atoms with Gasteiger partial charge in [-0.15, -0.1) is 0 Å². The number of aliphatic carboxylic acids is 1. The molecule has 4 aromatic rings. The number of H-pyrrole nitrogens is 1. The summed E-state index contributed by atoms with van der Waals surface area (Å²) in [5.74, 6) is -2.76. The molecule has 0 saturated heterocycles. The second-order valence-corrected chi connectivity index (χ2v) is 5.69. The standard InChI is InChI=1S/C16H13N5.C2HF3O2/c1-2-12(8-17-5-1)10-21-11-13(9-20-21)14-3-6-18-16-15(14)4-7-19-16;3-2(4,5)1(6)7/h1-9,11H,10H2,(H,18,19);(H,6,7). The Labute approximate surface area is 156 Å². The fourth-order valence-corrected chi connectivity index (χ4v) is 2.48. The zero-order valence-electron chi connectivity index (χ0n) is 14.3. The molecule has 0 bridgehead atoms. The second kappa shape index (κ2) is 7.91. The van der Waals surface area contributed by atoms with E-state index in [0.29, 0.717) is 0 Å². The molecule has 7 nitrogen and oxygen atoms in total. The number of pyridine rings is 2. The van der Waals surface area contributed by atoms with Gasteiger partial charge in [0.15, 0.2) is 0 Å². The number of rotatable bonds is 3. The van der Waals surface area contributed by atoms with Crippen LogP contribution < -0.4 is 0 Å². The summed E-state index contributed by atoms with van der Waals surface area (Å²) in [5, 5.41) is 12.7. The van der Waals surface area contributed by atoms with Crippen molar-refractivity contribution in [3.05, 3.63) is 67.0 Å². The molecule has 144 valence electrons. The van der Waals surface area contributed by atoms with E-state index in [4.69, 9.17) is 9.90 Å². The van der Waals surface area contributed by atoms with Crippen LogP contribution in [0.5, 0.6) is 0 Å². The van der Waals surface area contributed by atoms with Gasteiger partial charge in [-0.3, -0.25) is 9.67 Å². The molecule has 0 radical (unpaired) electrons. The molecule has 28 heavy (non-hydrogen) atoms. The Morgan fingerprint density at radius 1 is 1.18 bits per heavy atom. The van der Waals surface area contributed by atoms with Crippen molar-refractivity contribution in [1.29, 1.82) is 0 Å². The number of hydrogen-bond acceptors (Lipinski definition) is 4. The van der Waals surface area contributed by atoms with E-state index in [1.54, 1.807) is 6.20 Å². The SMILES string of the molecule is O=C(O)C(F)(F)F.c1cncc(Cn2cc(-c3ccnc4[nH]ccc34)cn2)c1. The number of carbonyl (C=O) groups is 1. The van der Waals surface area contributed by atoms with Crippen molar-refractivity contribution in [3.8, 4) is 11.1 Å². The van der Waals surface area contributed by atoms with Crippen LogP contribution in [0.1, 0.15) is 5.56 Å². The summed E-state index contributed by atoms with van der Waals surface area (Å²) in [7, 11) is 0. The molecule has 0 aliphatic carbocycles. The van der Waals surface area contributed by atoms with Crippen LogP contribution in [0.25, 0.3) is 22.2 Å². The number of alkyl halides is 3. The highest BCUT2D eigenvalue weighted by Gasteiger charge is 2.38. The topological polar surface area (TPSA) is 96.7 Å². The van der Waals surface area contributed by atoms with Crippen LogP contribution in [0.15, 0.2) is 61.4 Å². The summed E-state index contributed by atoms with van der Waals surface area (Å²) >= 11 is 0. The third-order valence-electron chi connectivity index (χ3n) is 3.71. The zero-order valence-corrected chi connectivity index (χ0v) is 14.3. The van der Waals surface area contributed by atoms with Crippen LogP contribution in [-0.4, -0.2) is 42.0 Å². The van der Waals surface area contributed by atoms with E-state index in [1.165, 1.54) is 0 Å². The van der Waals surface area contributed by atoms with Gasteiger partial charge in [-0.1, -0.05) is 6.07 Å². The third-order valence-corrected chi connectivity index (χ3v) is 3.71. The maximum absolute atomic E-state index is 10.6. The first-order valence-electron chi connectivity index (χ1n) is 7.98. The number of carboxylic acid groups (broad SMARTS) is 1. The number of aromatic amines is 1. The van der Waals surface area contributed by atoms with E-state index in [-0.39, 0.29) is 0 Å². The summed E-state index contributed by atoms with van der Waals surface area (Å²) in [6.45, 7) is 0.717. The lowest BCUT2D eigenvalue weighted by Crippen LogP contribution is -2.21. The molecule has 4 heterocycles. The molecule has 4 aromatic heterocycles. The number of halogens is 3. The fraction of sp³-hybridized carbons (Fsp3) is 0.111. The first-order chi connectivity index (χ1) is 13.3. The van der Waals surface area contributed by atoms with E-state index in [2.05, 4.69) is 26.2 Å². The van der Waals surface area contributed by atoms with E-state index in [9.17, 15) is 13.2 Å². The number of fused-ring (bicyclic) bond motifs is 1. The van der Waals surface area contributed by atoms with Crippen LogP contribution in [-0.2, 0) is 11.3 Å². The lowest BCUT2D eigenvalue weighted by molar-refractivity contribution is -0.192. The van der Waals surface area contributed by atoms with E-state index in [0.717, 1.165) is 34.3 Å². The molecular weight excluding hydrogens is 375 g/mol. The van der Waals surface area contributed by atoms with Gasteiger partial charge in [0.1, 0.15) is 5.65 Å². The number of hydrogen-bond donors (Lipinski definition) is 2. The maximum Gasteiger partial charge on any atom is 0.490 e. The molecule has 0 aliphatic rings. The monoisotopic (exact) mass is 389 g/mol. The largest absolute Gasteiger partial charge is 0.490 e. The molecule has 0 spiro atoms. The van der Waals surface area contributed by atoms with Gasteiger partial charge in [0.2, 0.25) is 0 Å². The normalized spacial score (nSPS) is 11.1. The highest BCUT2D eigenvalue weighted by Crippen LogP contribution is 2.26. The number of nitrogens with one attached hydrogen (secondary N) is 1. The van der Waals surface area contributed by atoms with Gasteiger partial charge in [-0.25, -0.2) is 9.78 Å². The second-order valence-electron chi connectivity index (χ2n) is 5.69. The van der Waals surface area contributed by atoms with Crippen LogP contribution >= 0.6 is 0 Å². The minimum atomic E-state index is -5.08. The smallest absolute Gasteiger partial charge is 0.475 e. The lowest BCUT2D eigenvalue weighted by Gasteiger charge is -2.01. The van der Waals surface area contributed by atoms with Crippen molar-refractivity contribution in [2.75, 3.05) is 0 Å². The zero-order chi connectivity index (χ0) is 20.1. The number of aromatic nitrogens is 5. The van der Waals surface area contributed by atoms with Gasteiger partial charge in [0.25, 0.3) is 0 Å². The molecule has 0 amide bonds. The van der Waals surface area contributed by atoms with Crippen molar-refractivity contribution in [1.82, 2.24) is 24.7 Å². The van der Waals surface area contributed by atoms with Crippen LogP contribution in [0.4, 0.5) is 13.2 Å². The fourth-order valence-electron chi connectivity index (χ4n) is 2.48.